The highest BCUT2D eigenvalue weighted by Crippen LogP contribution is 2.30. The summed E-state index contributed by atoms with van der Waals surface area (Å²) in [6.07, 6.45) is 0. The summed E-state index contributed by atoms with van der Waals surface area (Å²) in [4.78, 5) is 24.3. The first kappa shape index (κ1) is 24.6. The van der Waals surface area contributed by atoms with E-state index in [9.17, 15) is 9.59 Å². The van der Waals surface area contributed by atoms with E-state index in [1.54, 1.807) is 12.1 Å². The molecule has 0 aliphatic rings. The van der Waals surface area contributed by atoms with E-state index < -0.39 is 17.5 Å². The number of nitrogens with zero attached hydrogens (tertiary/aromatic N) is 3. The van der Waals surface area contributed by atoms with Gasteiger partial charge < -0.3 is 10.1 Å². The monoisotopic (exact) mass is 487 g/mol. The maximum atomic E-state index is 12.3. The van der Waals surface area contributed by atoms with Gasteiger partial charge in [-0.15, -0.1) is 10.2 Å². The molecule has 3 aromatic rings. The standard InChI is InChI=1S/C23H26ClN5O3S/c1-5-32-18-11-9-17(10-12-18)29-20(15-7-6-8-16(24)13-15)27-28-22(29)33-14-19(30)25-21(31)26-23(2,3)4/h6-13H,5,14H2,1-4H3,(H2,25,26,30,31). The maximum Gasteiger partial charge on any atom is 0.321 e. The zero-order valence-corrected chi connectivity index (χ0v) is 20.5. The Hall–Kier alpha value is -3.04. The third kappa shape index (κ3) is 6.97. The molecule has 0 spiro atoms. The van der Waals surface area contributed by atoms with E-state index in [4.69, 9.17) is 16.3 Å². The summed E-state index contributed by atoms with van der Waals surface area (Å²) in [6.45, 7) is 8.00. The van der Waals surface area contributed by atoms with Crippen LogP contribution in [-0.4, -0.2) is 44.6 Å². The average molecular weight is 488 g/mol. The number of hydrogen-bond acceptors (Lipinski definition) is 6. The molecule has 0 aliphatic carbocycles. The highest BCUT2D eigenvalue weighted by Gasteiger charge is 2.19. The zero-order valence-electron chi connectivity index (χ0n) is 18.9. The number of amides is 3. The molecule has 2 N–H and O–H groups in total. The van der Waals surface area contributed by atoms with E-state index in [0.717, 1.165) is 17.0 Å². The summed E-state index contributed by atoms with van der Waals surface area (Å²) >= 11 is 7.36. The predicted molar refractivity (Wildman–Crippen MR) is 130 cm³/mol. The number of hydrogen-bond donors (Lipinski definition) is 2. The van der Waals surface area contributed by atoms with Gasteiger partial charge in [0.05, 0.1) is 12.4 Å². The molecule has 1 heterocycles. The van der Waals surface area contributed by atoms with Gasteiger partial charge in [0, 0.05) is 21.8 Å². The Morgan fingerprint density at radius 1 is 1.12 bits per heavy atom. The molecule has 2 aromatic carbocycles. The van der Waals surface area contributed by atoms with Gasteiger partial charge in [-0.1, -0.05) is 35.5 Å². The normalized spacial score (nSPS) is 11.2. The minimum atomic E-state index is -0.541. The molecule has 3 amide bonds. The lowest BCUT2D eigenvalue weighted by atomic mass is 10.1. The van der Waals surface area contributed by atoms with Gasteiger partial charge in [0.25, 0.3) is 0 Å². The highest BCUT2D eigenvalue weighted by molar-refractivity contribution is 7.99. The lowest BCUT2D eigenvalue weighted by Crippen LogP contribution is -2.48. The molecule has 0 saturated heterocycles. The molecular formula is C23H26ClN5O3S. The molecule has 10 heteroatoms. The summed E-state index contributed by atoms with van der Waals surface area (Å²) in [6, 6.07) is 14.3. The second-order valence-corrected chi connectivity index (χ2v) is 9.50. The molecule has 33 heavy (non-hydrogen) atoms. The number of urea groups is 1. The van der Waals surface area contributed by atoms with E-state index in [0.29, 0.717) is 22.6 Å². The second kappa shape index (κ2) is 10.7. The van der Waals surface area contributed by atoms with Gasteiger partial charge in [-0.25, -0.2) is 4.79 Å². The minimum absolute atomic E-state index is 0.0116. The molecular weight excluding hydrogens is 462 g/mol. The van der Waals surface area contributed by atoms with Gasteiger partial charge in [0.1, 0.15) is 5.75 Å². The van der Waals surface area contributed by atoms with Crippen LogP contribution in [-0.2, 0) is 4.79 Å². The van der Waals surface area contributed by atoms with Gasteiger partial charge >= 0.3 is 6.03 Å². The fraction of sp³-hybridized carbons (Fsp3) is 0.304. The lowest BCUT2D eigenvalue weighted by molar-refractivity contribution is -0.117. The Morgan fingerprint density at radius 2 is 1.85 bits per heavy atom. The number of imide groups is 1. The Bertz CT molecular complexity index is 1130. The highest BCUT2D eigenvalue weighted by atomic mass is 35.5. The smallest absolute Gasteiger partial charge is 0.321 e. The number of benzene rings is 2. The van der Waals surface area contributed by atoms with E-state index in [-0.39, 0.29) is 5.75 Å². The van der Waals surface area contributed by atoms with Crippen LogP contribution in [0.1, 0.15) is 27.7 Å². The van der Waals surface area contributed by atoms with Crippen LogP contribution in [0.25, 0.3) is 17.1 Å². The first-order chi connectivity index (χ1) is 15.7. The minimum Gasteiger partial charge on any atom is -0.494 e. The van der Waals surface area contributed by atoms with Crippen molar-refractivity contribution in [3.63, 3.8) is 0 Å². The molecule has 0 saturated carbocycles. The molecule has 0 unspecified atom stereocenters. The summed E-state index contributed by atoms with van der Waals surface area (Å²) in [5.41, 5.74) is 1.13. The van der Waals surface area contributed by atoms with Crippen molar-refractivity contribution >= 4 is 35.3 Å². The quantitative estimate of drug-likeness (QED) is 0.468. The van der Waals surface area contributed by atoms with E-state index >= 15 is 0 Å². The molecule has 174 valence electrons. The first-order valence-electron chi connectivity index (χ1n) is 10.4. The summed E-state index contributed by atoms with van der Waals surface area (Å²) < 4.78 is 7.38. The van der Waals surface area contributed by atoms with Crippen LogP contribution in [0.4, 0.5) is 4.79 Å². The van der Waals surface area contributed by atoms with Gasteiger partial charge in [-0.05, 0) is 64.1 Å². The van der Waals surface area contributed by atoms with Crippen LogP contribution in [0.15, 0.2) is 53.7 Å². The van der Waals surface area contributed by atoms with Crippen molar-refractivity contribution in [1.82, 2.24) is 25.4 Å². The number of halogens is 1. The van der Waals surface area contributed by atoms with E-state index in [2.05, 4.69) is 20.8 Å². The summed E-state index contributed by atoms with van der Waals surface area (Å²) in [7, 11) is 0. The van der Waals surface area contributed by atoms with Crippen molar-refractivity contribution in [2.24, 2.45) is 0 Å². The van der Waals surface area contributed by atoms with Crippen LogP contribution in [0.2, 0.25) is 5.02 Å². The van der Waals surface area contributed by atoms with Gasteiger partial charge in [-0.3, -0.25) is 14.7 Å². The van der Waals surface area contributed by atoms with Crippen molar-refractivity contribution in [1.29, 1.82) is 0 Å². The Morgan fingerprint density at radius 3 is 2.48 bits per heavy atom. The summed E-state index contributed by atoms with van der Waals surface area (Å²) in [5, 5.41) is 14.7. The molecule has 1 aromatic heterocycles. The number of ether oxygens (including phenoxy) is 1. The van der Waals surface area contributed by atoms with Crippen molar-refractivity contribution in [3.8, 4) is 22.8 Å². The Kier molecular flexibility index (Phi) is 7.99. The fourth-order valence-corrected chi connectivity index (χ4v) is 3.88. The number of thioether (sulfide) groups is 1. The van der Waals surface area contributed by atoms with E-state index in [1.807, 2.05) is 68.7 Å². The van der Waals surface area contributed by atoms with Gasteiger partial charge in [-0.2, -0.15) is 0 Å². The molecule has 0 fully saturated rings. The third-order valence-corrected chi connectivity index (χ3v) is 5.36. The van der Waals surface area contributed by atoms with Gasteiger partial charge in [0.2, 0.25) is 5.91 Å². The number of aromatic nitrogens is 3. The Balaban J connectivity index is 1.85. The zero-order chi connectivity index (χ0) is 24.0. The van der Waals surface area contributed by atoms with Crippen molar-refractivity contribution < 1.29 is 14.3 Å². The average Bonchev–Trinajstić information content (AvgIpc) is 3.15. The van der Waals surface area contributed by atoms with Crippen LogP contribution >= 0.6 is 23.4 Å². The van der Waals surface area contributed by atoms with Gasteiger partial charge in [0.15, 0.2) is 11.0 Å². The molecule has 0 bridgehead atoms. The number of carbonyl (C=O) groups excluding carboxylic acids is 2. The molecule has 0 radical (unpaired) electrons. The van der Waals surface area contributed by atoms with Crippen molar-refractivity contribution in [3.05, 3.63) is 53.6 Å². The number of rotatable bonds is 7. The topological polar surface area (TPSA) is 98.1 Å². The fourth-order valence-electron chi connectivity index (χ4n) is 2.93. The Labute approximate surface area is 202 Å². The second-order valence-electron chi connectivity index (χ2n) is 8.12. The predicted octanol–water partition coefficient (Wildman–Crippen LogP) is 4.70. The maximum absolute atomic E-state index is 12.3. The lowest BCUT2D eigenvalue weighted by Gasteiger charge is -2.20. The van der Waals surface area contributed by atoms with Crippen molar-refractivity contribution in [2.45, 2.75) is 38.4 Å². The van der Waals surface area contributed by atoms with E-state index in [1.165, 1.54) is 11.8 Å². The first-order valence-corrected chi connectivity index (χ1v) is 11.7. The third-order valence-electron chi connectivity index (χ3n) is 4.20. The molecule has 3 rings (SSSR count). The number of nitrogens with one attached hydrogen (secondary N) is 2. The molecule has 0 aliphatic heterocycles. The van der Waals surface area contributed by atoms with Crippen LogP contribution in [0.5, 0.6) is 5.75 Å². The number of carbonyl (C=O) groups is 2. The van der Waals surface area contributed by atoms with Crippen LogP contribution < -0.4 is 15.4 Å². The van der Waals surface area contributed by atoms with Crippen molar-refractivity contribution in [2.75, 3.05) is 12.4 Å². The molecule has 8 nitrogen and oxygen atoms in total. The SMILES string of the molecule is CCOc1ccc(-n2c(SCC(=O)NC(=O)NC(C)(C)C)nnc2-c2cccc(Cl)c2)cc1. The van der Waals surface area contributed by atoms with Crippen LogP contribution in [0.3, 0.4) is 0 Å². The summed E-state index contributed by atoms with van der Waals surface area (Å²) in [5.74, 6) is 0.877. The van der Waals surface area contributed by atoms with Crippen LogP contribution in [0, 0.1) is 0 Å². The molecule has 0 atom stereocenters. The largest absolute Gasteiger partial charge is 0.494 e.